The van der Waals surface area contributed by atoms with Gasteiger partial charge in [-0.15, -0.1) is 13.2 Å². The van der Waals surface area contributed by atoms with Crippen molar-refractivity contribution < 1.29 is 22.3 Å². The number of hydrogen-bond donors (Lipinski definition) is 1. The average molecular weight is 492 g/mol. The monoisotopic (exact) mass is 491 g/mol. The minimum absolute atomic E-state index is 0.0611. The van der Waals surface area contributed by atoms with Crippen LogP contribution in [0.15, 0.2) is 30.3 Å². The van der Waals surface area contributed by atoms with E-state index in [-0.39, 0.29) is 16.4 Å². The number of imidazole rings is 1. The number of rotatable bonds is 3. The molecule has 2 aromatic carbocycles. The van der Waals surface area contributed by atoms with E-state index >= 15 is 0 Å². The molecule has 0 aliphatic rings. The number of aromatic nitrogens is 4. The van der Waals surface area contributed by atoms with Gasteiger partial charge in [-0.2, -0.15) is 10.4 Å². The Morgan fingerprint density at radius 1 is 1.18 bits per heavy atom. The van der Waals surface area contributed by atoms with Crippen LogP contribution < -0.4 is 4.74 Å². The number of halogens is 5. The molecule has 176 valence electrons. The lowest BCUT2D eigenvalue weighted by atomic mass is 9.89. The van der Waals surface area contributed by atoms with Crippen LogP contribution in [-0.4, -0.2) is 26.1 Å². The number of nitriles is 1. The normalized spacial score (nSPS) is 12.2. The van der Waals surface area contributed by atoms with E-state index in [1.165, 1.54) is 16.8 Å². The van der Waals surface area contributed by atoms with Gasteiger partial charge in [-0.1, -0.05) is 38.4 Å². The van der Waals surface area contributed by atoms with Gasteiger partial charge in [-0.25, -0.2) is 9.37 Å². The topological polar surface area (TPSA) is 79.5 Å². The molecule has 34 heavy (non-hydrogen) atoms. The molecule has 0 saturated carbocycles. The van der Waals surface area contributed by atoms with E-state index in [4.69, 9.17) is 11.6 Å². The van der Waals surface area contributed by atoms with E-state index < -0.39 is 28.9 Å². The number of alkyl halides is 3. The first kappa shape index (κ1) is 23.6. The molecule has 0 amide bonds. The van der Waals surface area contributed by atoms with Crippen LogP contribution >= 0.6 is 11.6 Å². The number of nitrogens with zero attached hydrogens (tertiary/aromatic N) is 4. The standard InChI is InChI=1S/C23H18ClF4N5O/c1-22(2,3)20-12(10-29)19(33(4)32-20)21-30-15-9-11(8-13(24)18(15)31-21)17-14(25)6-5-7-16(17)34-23(26,27)28/h5-9H,1-4H3,(H,30,31). The highest BCUT2D eigenvalue weighted by molar-refractivity contribution is 6.35. The van der Waals surface area contributed by atoms with E-state index in [0.29, 0.717) is 28.0 Å². The van der Waals surface area contributed by atoms with Crippen molar-refractivity contribution in [2.45, 2.75) is 32.5 Å². The molecule has 0 atom stereocenters. The Morgan fingerprint density at radius 3 is 2.50 bits per heavy atom. The van der Waals surface area contributed by atoms with Gasteiger partial charge in [0.1, 0.15) is 34.4 Å². The first-order valence-electron chi connectivity index (χ1n) is 10.0. The van der Waals surface area contributed by atoms with Gasteiger partial charge < -0.3 is 9.72 Å². The maximum absolute atomic E-state index is 14.6. The minimum Gasteiger partial charge on any atom is -0.405 e. The number of H-pyrrole nitrogens is 1. The lowest BCUT2D eigenvalue weighted by Crippen LogP contribution is -2.17. The third kappa shape index (κ3) is 4.19. The smallest absolute Gasteiger partial charge is 0.405 e. The molecule has 0 aliphatic carbocycles. The Hall–Kier alpha value is -3.58. The predicted molar refractivity (Wildman–Crippen MR) is 119 cm³/mol. The van der Waals surface area contributed by atoms with Gasteiger partial charge in [-0.3, -0.25) is 4.68 Å². The summed E-state index contributed by atoms with van der Waals surface area (Å²) in [5, 5.41) is 14.3. The number of benzene rings is 2. The fourth-order valence-corrected chi connectivity index (χ4v) is 4.01. The van der Waals surface area contributed by atoms with Crippen molar-refractivity contribution in [1.82, 2.24) is 19.7 Å². The molecule has 4 rings (SSSR count). The molecular formula is C23H18ClF4N5O. The Kier molecular flexibility index (Phi) is 5.56. The first-order chi connectivity index (χ1) is 15.8. The van der Waals surface area contributed by atoms with Crippen LogP contribution in [0.3, 0.4) is 0 Å². The molecule has 11 heteroatoms. The van der Waals surface area contributed by atoms with Gasteiger partial charge in [0, 0.05) is 12.5 Å². The van der Waals surface area contributed by atoms with E-state index in [2.05, 4.69) is 25.9 Å². The molecule has 0 fully saturated rings. The van der Waals surface area contributed by atoms with Gasteiger partial charge in [0.25, 0.3) is 0 Å². The van der Waals surface area contributed by atoms with Crippen molar-refractivity contribution in [2.75, 3.05) is 0 Å². The molecule has 0 spiro atoms. The van der Waals surface area contributed by atoms with E-state index in [9.17, 15) is 22.8 Å². The molecule has 0 bridgehead atoms. The molecular weight excluding hydrogens is 474 g/mol. The minimum atomic E-state index is -5.00. The summed E-state index contributed by atoms with van der Waals surface area (Å²) in [6, 6.07) is 8.07. The van der Waals surface area contributed by atoms with Crippen LogP contribution in [0.25, 0.3) is 33.7 Å². The summed E-state index contributed by atoms with van der Waals surface area (Å²) in [6.45, 7) is 5.78. The van der Waals surface area contributed by atoms with Crippen molar-refractivity contribution >= 4 is 22.6 Å². The van der Waals surface area contributed by atoms with Crippen molar-refractivity contribution in [3.8, 4) is 34.5 Å². The van der Waals surface area contributed by atoms with Crippen LogP contribution in [0.5, 0.6) is 5.75 Å². The molecule has 0 unspecified atom stereocenters. The maximum atomic E-state index is 14.6. The molecule has 0 saturated heterocycles. The lowest BCUT2D eigenvalue weighted by molar-refractivity contribution is -0.274. The SMILES string of the molecule is Cn1nc(C(C)(C)C)c(C#N)c1-c1nc2c(Cl)cc(-c3c(F)cccc3OC(F)(F)F)cc2[nH]1. The van der Waals surface area contributed by atoms with Gasteiger partial charge >= 0.3 is 6.36 Å². The molecule has 2 heterocycles. The van der Waals surface area contributed by atoms with Crippen molar-refractivity contribution in [1.29, 1.82) is 5.26 Å². The molecule has 6 nitrogen and oxygen atoms in total. The molecule has 1 N–H and O–H groups in total. The number of aryl methyl sites for hydroxylation is 1. The Balaban J connectivity index is 1.91. The summed E-state index contributed by atoms with van der Waals surface area (Å²) in [7, 11) is 1.67. The fraction of sp³-hybridized carbons (Fsp3) is 0.261. The summed E-state index contributed by atoms with van der Waals surface area (Å²) in [6.07, 6.45) is -5.00. The molecule has 2 aromatic heterocycles. The lowest BCUT2D eigenvalue weighted by Gasteiger charge is -2.15. The summed E-state index contributed by atoms with van der Waals surface area (Å²) in [5.41, 5.74) is 1.24. The largest absolute Gasteiger partial charge is 0.573 e. The van der Waals surface area contributed by atoms with Crippen molar-refractivity contribution in [3.63, 3.8) is 0 Å². The van der Waals surface area contributed by atoms with E-state index in [1.807, 2.05) is 20.8 Å². The Bertz CT molecular complexity index is 1460. The summed E-state index contributed by atoms with van der Waals surface area (Å²) in [4.78, 5) is 7.52. The predicted octanol–water partition coefficient (Wildman–Crippen LogP) is 6.49. The second-order valence-corrected chi connectivity index (χ2v) is 9.07. The van der Waals surface area contributed by atoms with E-state index in [0.717, 1.165) is 18.2 Å². The maximum Gasteiger partial charge on any atom is 0.573 e. The van der Waals surface area contributed by atoms with Gasteiger partial charge in [0.05, 0.1) is 21.8 Å². The second-order valence-electron chi connectivity index (χ2n) is 8.66. The highest BCUT2D eigenvalue weighted by Gasteiger charge is 2.33. The van der Waals surface area contributed by atoms with Crippen LogP contribution in [0, 0.1) is 17.1 Å². The Morgan fingerprint density at radius 2 is 1.88 bits per heavy atom. The number of hydrogen-bond acceptors (Lipinski definition) is 4. The summed E-state index contributed by atoms with van der Waals surface area (Å²) < 4.78 is 58.8. The number of ether oxygens (including phenoxy) is 1. The van der Waals surface area contributed by atoms with Gasteiger partial charge in [0.15, 0.2) is 5.82 Å². The highest BCUT2D eigenvalue weighted by atomic mass is 35.5. The quantitative estimate of drug-likeness (QED) is 0.332. The van der Waals surface area contributed by atoms with Crippen LogP contribution in [-0.2, 0) is 12.5 Å². The van der Waals surface area contributed by atoms with Crippen molar-refractivity contribution in [3.05, 3.63) is 52.4 Å². The average Bonchev–Trinajstić information content (AvgIpc) is 3.27. The fourth-order valence-electron chi connectivity index (χ4n) is 3.75. The number of nitrogens with one attached hydrogen (secondary N) is 1. The summed E-state index contributed by atoms with van der Waals surface area (Å²) >= 11 is 6.39. The van der Waals surface area contributed by atoms with Gasteiger partial charge in [0.2, 0.25) is 0 Å². The van der Waals surface area contributed by atoms with E-state index in [1.54, 1.807) is 7.05 Å². The molecule has 0 aliphatic heterocycles. The van der Waals surface area contributed by atoms with Crippen LogP contribution in [0.1, 0.15) is 32.0 Å². The Labute approximate surface area is 196 Å². The number of fused-ring (bicyclic) bond motifs is 1. The second kappa shape index (κ2) is 8.02. The van der Waals surface area contributed by atoms with Crippen LogP contribution in [0.4, 0.5) is 17.6 Å². The zero-order chi connectivity index (χ0) is 25.0. The number of aromatic amines is 1. The zero-order valence-electron chi connectivity index (χ0n) is 18.5. The van der Waals surface area contributed by atoms with Gasteiger partial charge in [-0.05, 0) is 29.8 Å². The third-order valence-electron chi connectivity index (χ3n) is 5.12. The summed E-state index contributed by atoms with van der Waals surface area (Å²) in [5.74, 6) is -1.32. The molecule has 4 aromatic rings. The zero-order valence-corrected chi connectivity index (χ0v) is 19.2. The van der Waals surface area contributed by atoms with Crippen LogP contribution in [0.2, 0.25) is 5.02 Å². The first-order valence-corrected chi connectivity index (χ1v) is 10.4. The highest BCUT2D eigenvalue weighted by Crippen LogP contribution is 2.40. The molecule has 0 radical (unpaired) electrons. The third-order valence-corrected chi connectivity index (χ3v) is 5.41. The van der Waals surface area contributed by atoms with Crippen molar-refractivity contribution in [2.24, 2.45) is 7.05 Å².